The highest BCUT2D eigenvalue weighted by molar-refractivity contribution is 5.93. The van der Waals surface area contributed by atoms with Gasteiger partial charge in [0.25, 0.3) is 5.79 Å². The van der Waals surface area contributed by atoms with Gasteiger partial charge in [0.15, 0.2) is 0 Å². The van der Waals surface area contributed by atoms with Gasteiger partial charge in [-0.2, -0.15) is 0 Å². The molecule has 5 heteroatoms. The lowest BCUT2D eigenvalue weighted by atomic mass is 10.0. The number of halogens is 1. The van der Waals surface area contributed by atoms with Crippen molar-refractivity contribution < 1.29 is 23.5 Å². The summed E-state index contributed by atoms with van der Waals surface area (Å²) in [6.07, 6.45) is 0.527. The minimum atomic E-state index is -1.22. The van der Waals surface area contributed by atoms with Crippen molar-refractivity contribution in [3.05, 3.63) is 35.6 Å². The summed E-state index contributed by atoms with van der Waals surface area (Å²) in [5, 5.41) is 0. The van der Waals surface area contributed by atoms with Crippen molar-refractivity contribution >= 4 is 11.9 Å². The first-order valence-electron chi connectivity index (χ1n) is 5.65. The van der Waals surface area contributed by atoms with Gasteiger partial charge >= 0.3 is 11.9 Å². The second kappa shape index (κ2) is 4.76. The van der Waals surface area contributed by atoms with Crippen LogP contribution in [0.1, 0.15) is 25.3 Å². The number of cyclic esters (lactones) is 2. The molecule has 96 valence electrons. The van der Waals surface area contributed by atoms with Crippen molar-refractivity contribution in [2.75, 3.05) is 0 Å². The third-order valence-corrected chi connectivity index (χ3v) is 2.73. The molecule has 0 spiro atoms. The van der Waals surface area contributed by atoms with Crippen LogP contribution in [0.4, 0.5) is 4.39 Å². The summed E-state index contributed by atoms with van der Waals surface area (Å²) in [6, 6.07) is 6.00. The largest absolute Gasteiger partial charge is 0.422 e. The topological polar surface area (TPSA) is 52.6 Å². The first kappa shape index (κ1) is 12.5. The second-order valence-electron chi connectivity index (χ2n) is 4.39. The zero-order valence-corrected chi connectivity index (χ0v) is 9.94. The number of benzene rings is 1. The van der Waals surface area contributed by atoms with Gasteiger partial charge in [-0.05, 0) is 24.1 Å². The maximum absolute atomic E-state index is 12.7. The van der Waals surface area contributed by atoms with E-state index in [2.05, 4.69) is 0 Å². The minimum absolute atomic E-state index is 0.305. The number of hydrogen-bond donors (Lipinski definition) is 0. The van der Waals surface area contributed by atoms with E-state index in [0.717, 1.165) is 5.56 Å². The van der Waals surface area contributed by atoms with Crippen LogP contribution >= 0.6 is 0 Å². The summed E-state index contributed by atoms with van der Waals surface area (Å²) in [6.45, 7) is 1.55. The Morgan fingerprint density at radius 1 is 1.17 bits per heavy atom. The predicted octanol–water partition coefficient (Wildman–Crippen LogP) is 1.96. The minimum Gasteiger partial charge on any atom is -0.422 e. The molecule has 1 aliphatic heterocycles. The first-order valence-corrected chi connectivity index (χ1v) is 5.65. The van der Waals surface area contributed by atoms with Gasteiger partial charge in [-0.25, -0.2) is 4.39 Å². The summed E-state index contributed by atoms with van der Waals surface area (Å²) >= 11 is 0. The number of carbonyl (C=O) groups excluding carboxylic acids is 2. The smallest absolute Gasteiger partial charge is 0.320 e. The van der Waals surface area contributed by atoms with E-state index >= 15 is 0 Å². The molecule has 1 aliphatic rings. The van der Waals surface area contributed by atoms with Crippen LogP contribution in [0.3, 0.4) is 0 Å². The Kier molecular flexibility index (Phi) is 3.32. The number of esters is 2. The quantitative estimate of drug-likeness (QED) is 0.609. The van der Waals surface area contributed by atoms with Crippen LogP contribution in [0.5, 0.6) is 0 Å². The molecular formula is C13H13FO4. The van der Waals surface area contributed by atoms with Gasteiger partial charge in [0, 0.05) is 13.3 Å². The van der Waals surface area contributed by atoms with Gasteiger partial charge < -0.3 is 9.47 Å². The lowest BCUT2D eigenvalue weighted by molar-refractivity contribution is -0.239. The van der Waals surface area contributed by atoms with Gasteiger partial charge in [-0.3, -0.25) is 9.59 Å². The SMILES string of the molecule is CC1(CCc2ccc(F)cc2)OC(=O)CC(=O)O1. The predicted molar refractivity (Wildman–Crippen MR) is 59.9 cm³/mol. The first-order chi connectivity index (χ1) is 8.47. The molecule has 4 nitrogen and oxygen atoms in total. The molecule has 1 aromatic rings. The molecular weight excluding hydrogens is 239 g/mol. The number of aryl methyl sites for hydroxylation is 1. The summed E-state index contributed by atoms with van der Waals surface area (Å²) in [4.78, 5) is 22.3. The average molecular weight is 252 g/mol. The molecule has 1 saturated heterocycles. The normalized spacial score (nSPS) is 18.1. The van der Waals surface area contributed by atoms with Crippen molar-refractivity contribution in [2.45, 2.75) is 32.0 Å². The van der Waals surface area contributed by atoms with Crippen LogP contribution in [0.15, 0.2) is 24.3 Å². The molecule has 2 rings (SSSR count). The Hall–Kier alpha value is -1.91. The van der Waals surface area contributed by atoms with E-state index in [1.807, 2.05) is 0 Å². The van der Waals surface area contributed by atoms with E-state index < -0.39 is 17.7 Å². The maximum Gasteiger partial charge on any atom is 0.320 e. The molecule has 0 radical (unpaired) electrons. The molecule has 0 amide bonds. The fourth-order valence-electron chi connectivity index (χ4n) is 1.82. The molecule has 0 bridgehead atoms. The molecule has 0 aliphatic carbocycles. The Morgan fingerprint density at radius 3 is 2.28 bits per heavy atom. The average Bonchev–Trinajstić information content (AvgIpc) is 2.26. The molecule has 0 saturated carbocycles. The highest BCUT2D eigenvalue weighted by atomic mass is 19.1. The Labute approximate surface area is 104 Å². The lowest BCUT2D eigenvalue weighted by Gasteiger charge is -2.32. The van der Waals surface area contributed by atoms with E-state index in [1.54, 1.807) is 19.1 Å². The van der Waals surface area contributed by atoms with Crippen LogP contribution in [-0.4, -0.2) is 17.7 Å². The molecule has 1 fully saturated rings. The zero-order chi connectivity index (χ0) is 13.2. The van der Waals surface area contributed by atoms with Crippen LogP contribution in [0, 0.1) is 5.82 Å². The van der Waals surface area contributed by atoms with Gasteiger partial charge in [-0.15, -0.1) is 0 Å². The molecule has 1 aromatic carbocycles. The Bertz CT molecular complexity index is 450. The highest BCUT2D eigenvalue weighted by Gasteiger charge is 2.38. The molecule has 0 atom stereocenters. The Balaban J connectivity index is 1.98. The van der Waals surface area contributed by atoms with Crippen LogP contribution in [0.25, 0.3) is 0 Å². The van der Waals surface area contributed by atoms with E-state index in [1.165, 1.54) is 12.1 Å². The van der Waals surface area contributed by atoms with Crippen molar-refractivity contribution in [3.8, 4) is 0 Å². The third-order valence-electron chi connectivity index (χ3n) is 2.73. The van der Waals surface area contributed by atoms with Gasteiger partial charge in [0.1, 0.15) is 12.2 Å². The van der Waals surface area contributed by atoms with Crippen LogP contribution < -0.4 is 0 Å². The monoisotopic (exact) mass is 252 g/mol. The Morgan fingerprint density at radius 2 is 1.72 bits per heavy atom. The third kappa shape index (κ3) is 3.06. The van der Waals surface area contributed by atoms with E-state index in [0.29, 0.717) is 12.8 Å². The number of ether oxygens (including phenoxy) is 2. The van der Waals surface area contributed by atoms with Crippen molar-refractivity contribution in [1.82, 2.24) is 0 Å². The van der Waals surface area contributed by atoms with Gasteiger partial charge in [-0.1, -0.05) is 12.1 Å². The molecule has 0 N–H and O–H groups in total. The van der Waals surface area contributed by atoms with Gasteiger partial charge in [0.05, 0.1) is 0 Å². The van der Waals surface area contributed by atoms with Gasteiger partial charge in [0.2, 0.25) is 0 Å². The van der Waals surface area contributed by atoms with Crippen molar-refractivity contribution in [3.63, 3.8) is 0 Å². The highest BCUT2D eigenvalue weighted by Crippen LogP contribution is 2.25. The summed E-state index contributed by atoms with van der Waals surface area (Å²) in [7, 11) is 0. The molecule has 0 unspecified atom stereocenters. The summed E-state index contributed by atoms with van der Waals surface area (Å²) in [5.74, 6) is -2.68. The van der Waals surface area contributed by atoms with E-state index in [-0.39, 0.29) is 12.2 Å². The van der Waals surface area contributed by atoms with Crippen LogP contribution in [-0.2, 0) is 25.5 Å². The van der Waals surface area contributed by atoms with E-state index in [4.69, 9.17) is 9.47 Å². The molecule has 18 heavy (non-hydrogen) atoms. The standard InChI is InChI=1S/C13H13FO4/c1-13(17-11(15)8-12(16)18-13)7-6-9-2-4-10(14)5-3-9/h2-5H,6-8H2,1H3. The fraction of sp³-hybridized carbons (Fsp3) is 0.385. The number of carbonyl (C=O) groups is 2. The van der Waals surface area contributed by atoms with Crippen molar-refractivity contribution in [2.24, 2.45) is 0 Å². The summed E-state index contributed by atoms with van der Waals surface area (Å²) < 4.78 is 22.8. The second-order valence-corrected chi connectivity index (χ2v) is 4.39. The lowest BCUT2D eigenvalue weighted by Crippen LogP contribution is -2.43. The molecule has 1 heterocycles. The number of rotatable bonds is 3. The maximum atomic E-state index is 12.7. The fourth-order valence-corrected chi connectivity index (χ4v) is 1.82. The summed E-state index contributed by atoms with van der Waals surface area (Å²) in [5.41, 5.74) is 0.885. The zero-order valence-electron chi connectivity index (χ0n) is 9.94. The van der Waals surface area contributed by atoms with Crippen LogP contribution in [0.2, 0.25) is 0 Å². The van der Waals surface area contributed by atoms with E-state index in [9.17, 15) is 14.0 Å². The molecule has 0 aromatic heterocycles. The number of hydrogen-bond acceptors (Lipinski definition) is 4. The van der Waals surface area contributed by atoms with Crippen molar-refractivity contribution in [1.29, 1.82) is 0 Å².